The standard InChI is InChI=1S/C20H35N3O3.HI/c1-18(19-10-5-4-6-11-19)26-15-9-13-23-20(21-2)22-12-7-8-14-25-17-16-24-3;/h4-6,10-11,18H,7-9,12-17H2,1-3H3,(H2,21,22,23);1H. The van der Waals surface area contributed by atoms with Gasteiger partial charge in [0.15, 0.2) is 5.96 Å². The Hall–Kier alpha value is -0.900. The molecule has 0 radical (unpaired) electrons. The predicted octanol–water partition coefficient (Wildman–Crippen LogP) is 3.38. The molecule has 1 unspecified atom stereocenters. The van der Waals surface area contributed by atoms with Gasteiger partial charge < -0.3 is 24.8 Å². The molecule has 27 heavy (non-hydrogen) atoms. The molecule has 0 fully saturated rings. The van der Waals surface area contributed by atoms with Gasteiger partial charge in [-0.2, -0.15) is 0 Å². The first kappa shape index (κ1) is 26.1. The maximum absolute atomic E-state index is 5.87. The number of hydrogen-bond acceptors (Lipinski definition) is 4. The van der Waals surface area contributed by atoms with E-state index in [-0.39, 0.29) is 30.1 Å². The summed E-state index contributed by atoms with van der Waals surface area (Å²) >= 11 is 0. The summed E-state index contributed by atoms with van der Waals surface area (Å²) in [5.41, 5.74) is 1.21. The molecule has 0 aliphatic rings. The zero-order valence-corrected chi connectivity index (χ0v) is 19.2. The SMILES string of the molecule is CN=C(NCCCCOCCOC)NCCCOC(C)c1ccccc1.I. The number of methoxy groups -OCH3 is 1. The summed E-state index contributed by atoms with van der Waals surface area (Å²) in [7, 11) is 3.47. The van der Waals surface area contributed by atoms with Crippen LogP contribution in [-0.4, -0.2) is 59.6 Å². The maximum Gasteiger partial charge on any atom is 0.190 e. The fraction of sp³-hybridized carbons (Fsp3) is 0.650. The number of ether oxygens (including phenoxy) is 3. The van der Waals surface area contributed by atoms with Crippen LogP contribution in [0.1, 0.15) is 37.9 Å². The summed E-state index contributed by atoms with van der Waals surface area (Å²) in [6, 6.07) is 10.3. The van der Waals surface area contributed by atoms with Crippen molar-refractivity contribution in [1.82, 2.24) is 10.6 Å². The summed E-state index contributed by atoms with van der Waals surface area (Å²) in [4.78, 5) is 4.23. The molecule has 1 aromatic rings. The van der Waals surface area contributed by atoms with Crippen LogP contribution >= 0.6 is 24.0 Å². The molecule has 0 spiro atoms. The second-order valence-electron chi connectivity index (χ2n) is 6.02. The lowest BCUT2D eigenvalue weighted by Crippen LogP contribution is -2.38. The highest BCUT2D eigenvalue weighted by Gasteiger charge is 2.04. The molecule has 0 saturated heterocycles. The summed E-state index contributed by atoms with van der Waals surface area (Å²) in [5.74, 6) is 0.835. The molecule has 2 N–H and O–H groups in total. The highest BCUT2D eigenvalue weighted by Crippen LogP contribution is 2.15. The van der Waals surface area contributed by atoms with Gasteiger partial charge in [-0.05, 0) is 31.7 Å². The van der Waals surface area contributed by atoms with Gasteiger partial charge in [0.2, 0.25) is 0 Å². The second kappa shape index (κ2) is 18.5. The number of aliphatic imine (C=N–C) groups is 1. The van der Waals surface area contributed by atoms with Crippen molar-refractivity contribution in [3.05, 3.63) is 35.9 Å². The lowest BCUT2D eigenvalue weighted by Gasteiger charge is -2.15. The zero-order valence-electron chi connectivity index (χ0n) is 16.9. The first-order valence-corrected chi connectivity index (χ1v) is 9.45. The topological polar surface area (TPSA) is 64.1 Å². The fourth-order valence-electron chi connectivity index (χ4n) is 2.36. The number of nitrogens with one attached hydrogen (secondary N) is 2. The van der Waals surface area contributed by atoms with E-state index in [0.29, 0.717) is 13.2 Å². The van der Waals surface area contributed by atoms with Crippen molar-refractivity contribution in [2.75, 3.05) is 53.7 Å². The summed E-state index contributed by atoms with van der Waals surface area (Å²) < 4.78 is 16.2. The lowest BCUT2D eigenvalue weighted by atomic mass is 10.1. The van der Waals surface area contributed by atoms with E-state index in [1.54, 1.807) is 14.2 Å². The molecule has 0 saturated carbocycles. The lowest BCUT2D eigenvalue weighted by molar-refractivity contribution is 0.0646. The second-order valence-corrected chi connectivity index (χ2v) is 6.02. The quantitative estimate of drug-likeness (QED) is 0.180. The Morgan fingerprint density at radius 1 is 0.963 bits per heavy atom. The van der Waals surface area contributed by atoms with Crippen molar-refractivity contribution < 1.29 is 14.2 Å². The van der Waals surface area contributed by atoms with Gasteiger partial charge in [-0.1, -0.05) is 30.3 Å². The number of hydrogen-bond donors (Lipinski definition) is 2. The Morgan fingerprint density at radius 2 is 1.67 bits per heavy atom. The average molecular weight is 493 g/mol. The molecule has 6 nitrogen and oxygen atoms in total. The fourth-order valence-corrected chi connectivity index (χ4v) is 2.36. The molecule has 0 aliphatic carbocycles. The van der Waals surface area contributed by atoms with Crippen LogP contribution in [0.15, 0.2) is 35.3 Å². The molecule has 0 bridgehead atoms. The number of benzene rings is 1. The predicted molar refractivity (Wildman–Crippen MR) is 122 cm³/mol. The molecule has 0 aromatic heterocycles. The van der Waals surface area contributed by atoms with Gasteiger partial charge in [-0.15, -0.1) is 24.0 Å². The molecule has 0 amide bonds. The first-order chi connectivity index (χ1) is 12.8. The minimum absolute atomic E-state index is 0. The first-order valence-electron chi connectivity index (χ1n) is 9.45. The normalized spacial score (nSPS) is 12.3. The van der Waals surface area contributed by atoms with Gasteiger partial charge in [0, 0.05) is 40.5 Å². The molecule has 0 aliphatic heterocycles. The van der Waals surface area contributed by atoms with E-state index in [4.69, 9.17) is 14.2 Å². The minimum Gasteiger partial charge on any atom is -0.382 e. The van der Waals surface area contributed by atoms with Crippen LogP contribution in [0.4, 0.5) is 0 Å². The van der Waals surface area contributed by atoms with Crippen molar-refractivity contribution in [2.24, 2.45) is 4.99 Å². The van der Waals surface area contributed by atoms with E-state index in [1.807, 2.05) is 18.2 Å². The van der Waals surface area contributed by atoms with Crippen LogP contribution in [0.25, 0.3) is 0 Å². The number of nitrogens with zero attached hydrogens (tertiary/aromatic N) is 1. The average Bonchev–Trinajstić information content (AvgIpc) is 2.68. The molecular formula is C20H36IN3O3. The Labute approximate surface area is 181 Å². The zero-order chi connectivity index (χ0) is 18.9. The van der Waals surface area contributed by atoms with E-state index in [1.165, 1.54) is 5.56 Å². The van der Waals surface area contributed by atoms with Crippen molar-refractivity contribution in [3.63, 3.8) is 0 Å². The minimum atomic E-state index is 0. The van der Waals surface area contributed by atoms with Gasteiger partial charge in [0.25, 0.3) is 0 Å². The van der Waals surface area contributed by atoms with Crippen molar-refractivity contribution >= 4 is 29.9 Å². The van der Waals surface area contributed by atoms with Gasteiger partial charge in [0.1, 0.15) is 0 Å². The highest BCUT2D eigenvalue weighted by atomic mass is 127. The Balaban J connectivity index is 0.00000676. The van der Waals surface area contributed by atoms with Crippen LogP contribution in [-0.2, 0) is 14.2 Å². The van der Waals surface area contributed by atoms with Crippen LogP contribution in [0, 0.1) is 0 Å². The van der Waals surface area contributed by atoms with E-state index in [0.717, 1.165) is 51.5 Å². The molecule has 1 atom stereocenters. The molecular weight excluding hydrogens is 457 g/mol. The van der Waals surface area contributed by atoms with Crippen LogP contribution < -0.4 is 10.6 Å². The van der Waals surface area contributed by atoms with E-state index in [2.05, 4.69) is 34.7 Å². The highest BCUT2D eigenvalue weighted by molar-refractivity contribution is 14.0. The van der Waals surface area contributed by atoms with Crippen LogP contribution in [0.2, 0.25) is 0 Å². The smallest absolute Gasteiger partial charge is 0.190 e. The number of halogens is 1. The molecule has 7 heteroatoms. The van der Waals surface area contributed by atoms with E-state index in [9.17, 15) is 0 Å². The Bertz CT molecular complexity index is 475. The summed E-state index contributed by atoms with van der Waals surface area (Å²) in [6.45, 7) is 6.62. The van der Waals surface area contributed by atoms with Gasteiger partial charge >= 0.3 is 0 Å². The molecule has 0 heterocycles. The molecule has 1 rings (SSSR count). The largest absolute Gasteiger partial charge is 0.382 e. The molecule has 1 aromatic carbocycles. The van der Waals surface area contributed by atoms with Gasteiger partial charge in [-0.3, -0.25) is 4.99 Å². The van der Waals surface area contributed by atoms with Crippen molar-refractivity contribution in [1.29, 1.82) is 0 Å². The third-order valence-electron chi connectivity index (χ3n) is 3.91. The molecule has 156 valence electrons. The third-order valence-corrected chi connectivity index (χ3v) is 3.91. The third kappa shape index (κ3) is 13.8. The van der Waals surface area contributed by atoms with Crippen LogP contribution in [0.3, 0.4) is 0 Å². The van der Waals surface area contributed by atoms with E-state index < -0.39 is 0 Å². The number of rotatable bonds is 14. The van der Waals surface area contributed by atoms with E-state index >= 15 is 0 Å². The number of unbranched alkanes of at least 4 members (excludes halogenated alkanes) is 1. The van der Waals surface area contributed by atoms with Crippen molar-refractivity contribution in [2.45, 2.75) is 32.3 Å². The van der Waals surface area contributed by atoms with Gasteiger partial charge in [-0.25, -0.2) is 0 Å². The summed E-state index contributed by atoms with van der Waals surface area (Å²) in [6.07, 6.45) is 3.13. The Kier molecular flexibility index (Phi) is 17.8. The van der Waals surface area contributed by atoms with Crippen molar-refractivity contribution in [3.8, 4) is 0 Å². The Morgan fingerprint density at radius 3 is 2.33 bits per heavy atom. The monoisotopic (exact) mass is 493 g/mol. The van der Waals surface area contributed by atoms with Crippen LogP contribution in [0.5, 0.6) is 0 Å². The number of guanidine groups is 1. The van der Waals surface area contributed by atoms with Gasteiger partial charge in [0.05, 0.1) is 19.3 Å². The maximum atomic E-state index is 5.87. The summed E-state index contributed by atoms with van der Waals surface area (Å²) in [5, 5.41) is 6.63.